The summed E-state index contributed by atoms with van der Waals surface area (Å²) in [6.07, 6.45) is 1.80. The largest absolute Gasteiger partial charge is 0.358 e. The number of carbonyl (C=O) groups is 1. The topological polar surface area (TPSA) is 46.9 Å². The van der Waals surface area contributed by atoms with E-state index in [1.165, 1.54) is 11.8 Å². The van der Waals surface area contributed by atoms with Gasteiger partial charge in [0, 0.05) is 12.6 Å². The van der Waals surface area contributed by atoms with Crippen LogP contribution in [-0.2, 0) is 11.3 Å². The monoisotopic (exact) mass is 405 g/mol. The Morgan fingerprint density at radius 2 is 1.92 bits per heavy atom. The van der Waals surface area contributed by atoms with Gasteiger partial charge in [0.15, 0.2) is 5.16 Å². The molecular formula is C19H17Cl2N3OS. The van der Waals surface area contributed by atoms with Gasteiger partial charge in [0.1, 0.15) is 0 Å². The van der Waals surface area contributed by atoms with Crippen molar-refractivity contribution in [1.82, 2.24) is 14.9 Å². The number of hydrogen-bond acceptors (Lipinski definition) is 3. The second kappa shape index (κ2) is 8.62. The number of imidazole rings is 1. The zero-order chi connectivity index (χ0) is 18.5. The van der Waals surface area contributed by atoms with Gasteiger partial charge in [-0.1, -0.05) is 71.4 Å². The fourth-order valence-electron chi connectivity index (χ4n) is 2.48. The Morgan fingerprint density at radius 1 is 1.15 bits per heavy atom. The number of nitrogens with zero attached hydrogens (tertiary/aromatic N) is 2. The molecule has 1 N–H and O–H groups in total. The fraction of sp³-hybridized carbons (Fsp3) is 0.158. The third kappa shape index (κ3) is 4.41. The molecule has 0 saturated carbocycles. The molecular weight excluding hydrogens is 389 g/mol. The van der Waals surface area contributed by atoms with Crippen LogP contribution in [0.5, 0.6) is 0 Å². The van der Waals surface area contributed by atoms with E-state index < -0.39 is 0 Å². The van der Waals surface area contributed by atoms with Gasteiger partial charge in [-0.05, 0) is 17.7 Å². The van der Waals surface area contributed by atoms with Gasteiger partial charge in [0.05, 0.1) is 34.2 Å². The highest BCUT2D eigenvalue weighted by Crippen LogP contribution is 2.31. The number of halogens is 2. The lowest BCUT2D eigenvalue weighted by atomic mass is 10.1. The summed E-state index contributed by atoms with van der Waals surface area (Å²) in [5, 5.41) is 4.41. The van der Waals surface area contributed by atoms with E-state index in [2.05, 4.69) is 27.0 Å². The van der Waals surface area contributed by atoms with Gasteiger partial charge in [0.25, 0.3) is 0 Å². The van der Waals surface area contributed by atoms with Crippen LogP contribution >= 0.6 is 35.0 Å². The van der Waals surface area contributed by atoms with Crippen LogP contribution in [0.15, 0.2) is 59.9 Å². The summed E-state index contributed by atoms with van der Waals surface area (Å²) in [5.41, 5.74) is 3.00. The highest BCUT2D eigenvalue weighted by molar-refractivity contribution is 7.99. The number of hydrogen-bond donors (Lipinski definition) is 1. The standard InChI is InChI=1S/C19H17Cl2N3OS/c1-22-18(25)12-26-19-23-10-17(14-7-8-15(20)16(21)9-14)24(19)11-13-5-3-2-4-6-13/h2-10H,11-12H2,1H3,(H,22,25). The number of rotatable bonds is 6. The lowest BCUT2D eigenvalue weighted by molar-refractivity contribution is -0.118. The lowest BCUT2D eigenvalue weighted by Gasteiger charge is -2.12. The minimum Gasteiger partial charge on any atom is -0.358 e. The Labute approximate surface area is 166 Å². The molecule has 0 aliphatic rings. The van der Waals surface area contributed by atoms with E-state index in [0.717, 1.165) is 22.0 Å². The van der Waals surface area contributed by atoms with Gasteiger partial charge >= 0.3 is 0 Å². The molecule has 0 atom stereocenters. The van der Waals surface area contributed by atoms with Crippen LogP contribution in [0, 0.1) is 0 Å². The quantitative estimate of drug-likeness (QED) is 0.602. The second-order valence-electron chi connectivity index (χ2n) is 5.59. The molecule has 0 fully saturated rings. The van der Waals surface area contributed by atoms with Crippen LogP contribution in [0.2, 0.25) is 10.0 Å². The lowest BCUT2D eigenvalue weighted by Crippen LogP contribution is -2.20. The molecule has 7 heteroatoms. The van der Waals surface area contributed by atoms with E-state index in [1.54, 1.807) is 19.3 Å². The number of thioether (sulfide) groups is 1. The van der Waals surface area contributed by atoms with E-state index in [9.17, 15) is 4.79 Å². The van der Waals surface area contributed by atoms with Crippen molar-refractivity contribution in [3.63, 3.8) is 0 Å². The van der Waals surface area contributed by atoms with Crippen molar-refractivity contribution in [3.05, 3.63) is 70.3 Å². The Kier molecular flexibility index (Phi) is 6.25. The summed E-state index contributed by atoms with van der Waals surface area (Å²) in [6, 6.07) is 15.6. The maximum atomic E-state index is 11.6. The van der Waals surface area contributed by atoms with Gasteiger partial charge in [-0.15, -0.1) is 0 Å². The van der Waals surface area contributed by atoms with E-state index in [0.29, 0.717) is 22.3 Å². The first-order valence-electron chi connectivity index (χ1n) is 7.96. The molecule has 0 bridgehead atoms. The molecule has 26 heavy (non-hydrogen) atoms. The number of carbonyl (C=O) groups excluding carboxylic acids is 1. The van der Waals surface area contributed by atoms with Crippen molar-refractivity contribution in [2.24, 2.45) is 0 Å². The number of benzene rings is 2. The fourth-order valence-corrected chi connectivity index (χ4v) is 3.63. The summed E-state index contributed by atoms with van der Waals surface area (Å²) >= 11 is 13.6. The van der Waals surface area contributed by atoms with Crippen molar-refractivity contribution in [1.29, 1.82) is 0 Å². The van der Waals surface area contributed by atoms with Crippen molar-refractivity contribution in [2.75, 3.05) is 12.8 Å². The highest BCUT2D eigenvalue weighted by atomic mass is 35.5. The smallest absolute Gasteiger partial charge is 0.230 e. The number of aromatic nitrogens is 2. The molecule has 3 rings (SSSR count). The Balaban J connectivity index is 1.98. The van der Waals surface area contributed by atoms with Crippen LogP contribution in [-0.4, -0.2) is 28.3 Å². The van der Waals surface area contributed by atoms with E-state index in [4.69, 9.17) is 23.2 Å². The first-order valence-corrected chi connectivity index (χ1v) is 9.71. The molecule has 1 aromatic heterocycles. The molecule has 1 heterocycles. The third-order valence-corrected chi connectivity index (χ3v) is 5.56. The van der Waals surface area contributed by atoms with Gasteiger partial charge < -0.3 is 9.88 Å². The van der Waals surface area contributed by atoms with E-state index in [1.807, 2.05) is 30.3 Å². The normalized spacial score (nSPS) is 10.7. The average molecular weight is 406 g/mol. The summed E-state index contributed by atoms with van der Waals surface area (Å²) < 4.78 is 2.09. The molecule has 0 radical (unpaired) electrons. The first-order chi connectivity index (χ1) is 12.6. The molecule has 0 spiro atoms. The van der Waals surface area contributed by atoms with Gasteiger partial charge in [-0.2, -0.15) is 0 Å². The van der Waals surface area contributed by atoms with E-state index >= 15 is 0 Å². The summed E-state index contributed by atoms with van der Waals surface area (Å²) in [7, 11) is 1.63. The molecule has 2 aromatic carbocycles. The Bertz CT molecular complexity index is 912. The molecule has 134 valence electrons. The van der Waals surface area contributed by atoms with Crippen LogP contribution in [0.4, 0.5) is 0 Å². The Hall–Kier alpha value is -1.95. The zero-order valence-electron chi connectivity index (χ0n) is 14.1. The van der Waals surface area contributed by atoms with Crippen LogP contribution in [0.1, 0.15) is 5.56 Å². The minimum absolute atomic E-state index is 0.0413. The number of amides is 1. The average Bonchev–Trinajstić information content (AvgIpc) is 3.05. The minimum atomic E-state index is -0.0413. The van der Waals surface area contributed by atoms with Crippen molar-refractivity contribution in [2.45, 2.75) is 11.7 Å². The molecule has 1 amide bonds. The maximum Gasteiger partial charge on any atom is 0.230 e. The third-order valence-electron chi connectivity index (χ3n) is 3.83. The van der Waals surface area contributed by atoms with Crippen molar-refractivity contribution >= 4 is 40.9 Å². The molecule has 0 unspecified atom stereocenters. The first kappa shape index (κ1) is 18.8. The molecule has 0 aliphatic carbocycles. The van der Waals surface area contributed by atoms with Crippen molar-refractivity contribution in [3.8, 4) is 11.3 Å². The van der Waals surface area contributed by atoms with Gasteiger partial charge in [-0.3, -0.25) is 4.79 Å². The van der Waals surface area contributed by atoms with Crippen molar-refractivity contribution < 1.29 is 4.79 Å². The van der Waals surface area contributed by atoms with E-state index in [-0.39, 0.29) is 5.91 Å². The molecule has 3 aromatic rings. The maximum absolute atomic E-state index is 11.6. The molecule has 0 aliphatic heterocycles. The molecule has 4 nitrogen and oxygen atoms in total. The summed E-state index contributed by atoms with van der Waals surface area (Å²) in [6.45, 7) is 0.645. The second-order valence-corrected chi connectivity index (χ2v) is 7.35. The van der Waals surface area contributed by atoms with Crippen LogP contribution in [0.25, 0.3) is 11.3 Å². The highest BCUT2D eigenvalue weighted by Gasteiger charge is 2.15. The van der Waals surface area contributed by atoms with Crippen LogP contribution < -0.4 is 5.32 Å². The van der Waals surface area contributed by atoms with Gasteiger partial charge in [0.2, 0.25) is 5.91 Å². The summed E-state index contributed by atoms with van der Waals surface area (Å²) in [5.74, 6) is 0.267. The zero-order valence-corrected chi connectivity index (χ0v) is 16.4. The predicted molar refractivity (Wildman–Crippen MR) is 108 cm³/mol. The summed E-state index contributed by atoms with van der Waals surface area (Å²) in [4.78, 5) is 16.1. The van der Waals surface area contributed by atoms with Gasteiger partial charge in [-0.25, -0.2) is 4.98 Å². The SMILES string of the molecule is CNC(=O)CSc1ncc(-c2ccc(Cl)c(Cl)c2)n1Cc1ccccc1. The Morgan fingerprint density at radius 3 is 2.62 bits per heavy atom. The van der Waals surface area contributed by atoms with Crippen LogP contribution in [0.3, 0.4) is 0 Å². The number of nitrogens with one attached hydrogen (secondary N) is 1. The predicted octanol–water partition coefficient (Wildman–Crippen LogP) is 4.74. The molecule has 0 saturated heterocycles.